The van der Waals surface area contributed by atoms with Crippen molar-refractivity contribution in [2.75, 3.05) is 18.5 Å². The van der Waals surface area contributed by atoms with Crippen LogP contribution in [0.15, 0.2) is 42.6 Å². The minimum atomic E-state index is -0.368. The molecule has 2 N–H and O–H groups in total. The summed E-state index contributed by atoms with van der Waals surface area (Å²) in [4.78, 5) is 13.4. The van der Waals surface area contributed by atoms with Crippen LogP contribution in [0.3, 0.4) is 0 Å². The number of nitrogens with one attached hydrogen (secondary N) is 2. The lowest BCUT2D eigenvalue weighted by molar-refractivity contribution is 0.0528. The van der Waals surface area contributed by atoms with Gasteiger partial charge in [-0.25, -0.2) is 4.79 Å². The molecule has 158 valence electrons. The number of aromatic nitrogens is 2. The van der Waals surface area contributed by atoms with Crippen LogP contribution in [-0.4, -0.2) is 34.0 Å². The number of carbonyl (C=O) groups excluding carboxylic acids is 1. The Hall–Kier alpha value is -2.42. The van der Waals surface area contributed by atoms with Gasteiger partial charge < -0.3 is 15.4 Å². The first-order valence-corrected chi connectivity index (χ1v) is 11.2. The number of thiophene rings is 1. The van der Waals surface area contributed by atoms with Crippen molar-refractivity contribution in [3.8, 4) is 10.4 Å². The lowest BCUT2D eigenvalue weighted by atomic mass is 10.1. The third-order valence-electron chi connectivity index (χ3n) is 4.39. The summed E-state index contributed by atoms with van der Waals surface area (Å²) in [7, 11) is 0. The summed E-state index contributed by atoms with van der Waals surface area (Å²) in [5.74, 6) is -0.368. The van der Waals surface area contributed by atoms with E-state index >= 15 is 0 Å². The molecule has 0 amide bonds. The predicted octanol–water partition coefficient (Wildman–Crippen LogP) is 5.13. The largest absolute Gasteiger partial charge is 0.462 e. The van der Waals surface area contributed by atoms with E-state index in [-0.39, 0.29) is 5.97 Å². The van der Waals surface area contributed by atoms with Crippen LogP contribution in [0.1, 0.15) is 29.4 Å². The van der Waals surface area contributed by atoms with Crippen molar-refractivity contribution in [3.05, 3.63) is 58.9 Å². The van der Waals surface area contributed by atoms with Crippen molar-refractivity contribution < 1.29 is 9.53 Å². The normalized spacial score (nSPS) is 10.6. The molecule has 0 saturated heterocycles. The summed E-state index contributed by atoms with van der Waals surface area (Å²) in [6.45, 7) is 5.44. The van der Waals surface area contributed by atoms with Gasteiger partial charge in [0, 0.05) is 18.0 Å². The van der Waals surface area contributed by atoms with Crippen LogP contribution in [0.25, 0.3) is 10.4 Å². The van der Waals surface area contributed by atoms with Crippen LogP contribution < -0.4 is 10.6 Å². The molecule has 0 saturated carbocycles. The van der Waals surface area contributed by atoms with Crippen LogP contribution >= 0.6 is 35.2 Å². The highest BCUT2D eigenvalue weighted by atomic mass is 35.5. The van der Waals surface area contributed by atoms with Gasteiger partial charge in [-0.1, -0.05) is 41.9 Å². The molecular weight excluding hydrogens is 440 g/mol. The van der Waals surface area contributed by atoms with E-state index in [2.05, 4.69) is 15.7 Å². The van der Waals surface area contributed by atoms with E-state index in [4.69, 9.17) is 28.6 Å². The number of thiocarbonyl (C=S) groups is 1. The van der Waals surface area contributed by atoms with Gasteiger partial charge >= 0.3 is 5.97 Å². The third kappa shape index (κ3) is 5.59. The summed E-state index contributed by atoms with van der Waals surface area (Å²) >= 11 is 12.9. The second-order valence-electron chi connectivity index (χ2n) is 6.48. The average Bonchev–Trinajstić information content (AvgIpc) is 3.30. The number of aryl methyl sites for hydroxylation is 1. The fourth-order valence-corrected chi connectivity index (χ4v) is 4.28. The number of nitrogens with zero attached hydrogens (tertiary/aromatic N) is 2. The molecule has 0 spiro atoms. The van der Waals surface area contributed by atoms with E-state index in [1.807, 2.05) is 48.0 Å². The Balaban J connectivity index is 1.62. The van der Waals surface area contributed by atoms with E-state index in [1.165, 1.54) is 11.3 Å². The van der Waals surface area contributed by atoms with E-state index in [0.717, 1.165) is 29.1 Å². The Bertz CT molecular complexity index is 1020. The molecule has 0 radical (unpaired) electrons. The topological polar surface area (TPSA) is 68.2 Å². The number of benzene rings is 1. The van der Waals surface area contributed by atoms with Gasteiger partial charge in [0.15, 0.2) is 5.11 Å². The molecule has 0 unspecified atom stereocenters. The first-order chi connectivity index (χ1) is 14.5. The molecule has 0 fully saturated rings. The number of hydrogen-bond donors (Lipinski definition) is 2. The van der Waals surface area contributed by atoms with Crippen molar-refractivity contribution in [2.24, 2.45) is 0 Å². The number of hydrogen-bond acceptors (Lipinski definition) is 5. The smallest absolute Gasteiger partial charge is 0.341 e. The molecule has 0 aliphatic carbocycles. The van der Waals surface area contributed by atoms with Crippen molar-refractivity contribution in [2.45, 2.75) is 26.8 Å². The van der Waals surface area contributed by atoms with Gasteiger partial charge in [-0.05, 0) is 44.1 Å². The zero-order valence-corrected chi connectivity index (χ0v) is 19.2. The Morgan fingerprint density at radius 3 is 2.77 bits per heavy atom. The van der Waals surface area contributed by atoms with E-state index < -0.39 is 0 Å². The molecule has 0 aliphatic rings. The second kappa shape index (κ2) is 10.6. The molecule has 30 heavy (non-hydrogen) atoms. The number of halogens is 1. The summed E-state index contributed by atoms with van der Waals surface area (Å²) in [5.41, 5.74) is 2.46. The van der Waals surface area contributed by atoms with Gasteiger partial charge in [0.05, 0.1) is 29.1 Å². The summed E-state index contributed by atoms with van der Waals surface area (Å²) in [5, 5.41) is 12.4. The van der Waals surface area contributed by atoms with Crippen LogP contribution in [0.2, 0.25) is 5.02 Å². The minimum absolute atomic E-state index is 0.314. The first kappa shape index (κ1) is 22.3. The van der Waals surface area contributed by atoms with Gasteiger partial charge in [0.1, 0.15) is 5.00 Å². The number of anilines is 1. The quantitative estimate of drug-likeness (QED) is 0.275. The highest BCUT2D eigenvalue weighted by Crippen LogP contribution is 2.35. The van der Waals surface area contributed by atoms with Crippen LogP contribution in [0.5, 0.6) is 0 Å². The maximum atomic E-state index is 12.4. The van der Waals surface area contributed by atoms with Gasteiger partial charge in [0.2, 0.25) is 0 Å². The second-order valence-corrected chi connectivity index (χ2v) is 8.34. The standard InChI is InChI=1S/C21H23ClN4O2S2/c1-3-28-20(27)16-12-18(15-8-5-4-6-9-15)30-19(16)25-21(29)23-10-7-11-26-14(2)17(22)13-24-26/h4-6,8-9,12-13H,3,7,10-11H2,1-2H3,(H2,23,25,29). The van der Waals surface area contributed by atoms with E-state index in [9.17, 15) is 4.79 Å². The van der Waals surface area contributed by atoms with Crippen molar-refractivity contribution in [1.29, 1.82) is 0 Å². The van der Waals surface area contributed by atoms with Crippen molar-refractivity contribution in [3.63, 3.8) is 0 Å². The van der Waals surface area contributed by atoms with Crippen LogP contribution in [0, 0.1) is 6.92 Å². The van der Waals surface area contributed by atoms with E-state index in [1.54, 1.807) is 13.1 Å². The number of ether oxygens (including phenoxy) is 1. The maximum absolute atomic E-state index is 12.4. The molecule has 0 bridgehead atoms. The predicted molar refractivity (Wildman–Crippen MR) is 127 cm³/mol. The highest BCUT2D eigenvalue weighted by Gasteiger charge is 2.19. The van der Waals surface area contributed by atoms with Gasteiger partial charge in [-0.3, -0.25) is 4.68 Å². The molecule has 1 aromatic carbocycles. The summed E-state index contributed by atoms with van der Waals surface area (Å²) < 4.78 is 7.07. The first-order valence-electron chi connectivity index (χ1n) is 9.58. The van der Waals surface area contributed by atoms with Gasteiger partial charge in [0.25, 0.3) is 0 Å². The monoisotopic (exact) mass is 462 g/mol. The molecule has 6 nitrogen and oxygen atoms in total. The number of esters is 1. The van der Waals surface area contributed by atoms with Crippen LogP contribution in [0.4, 0.5) is 5.00 Å². The van der Waals surface area contributed by atoms with Gasteiger partial charge in [-0.15, -0.1) is 11.3 Å². The SMILES string of the molecule is CCOC(=O)c1cc(-c2ccccc2)sc1NC(=S)NCCCn1ncc(Cl)c1C. The average molecular weight is 463 g/mol. The van der Waals surface area contributed by atoms with Crippen molar-refractivity contribution in [1.82, 2.24) is 15.1 Å². The zero-order valence-electron chi connectivity index (χ0n) is 16.8. The molecule has 0 aliphatic heterocycles. The number of carbonyl (C=O) groups is 1. The minimum Gasteiger partial charge on any atom is -0.462 e. The molecule has 3 aromatic rings. The molecular formula is C21H23ClN4O2S2. The fraction of sp³-hybridized carbons (Fsp3) is 0.286. The molecule has 0 atom stereocenters. The summed E-state index contributed by atoms with van der Waals surface area (Å²) in [6.07, 6.45) is 2.47. The summed E-state index contributed by atoms with van der Waals surface area (Å²) in [6, 6.07) is 11.7. The molecule has 2 heterocycles. The Morgan fingerprint density at radius 1 is 1.33 bits per heavy atom. The lowest BCUT2D eigenvalue weighted by Gasteiger charge is -2.11. The van der Waals surface area contributed by atoms with Crippen molar-refractivity contribution >= 4 is 51.2 Å². The highest BCUT2D eigenvalue weighted by molar-refractivity contribution is 7.80. The molecule has 2 aromatic heterocycles. The van der Waals surface area contributed by atoms with Gasteiger partial charge in [-0.2, -0.15) is 5.10 Å². The fourth-order valence-electron chi connectivity index (χ4n) is 2.82. The van der Waals surface area contributed by atoms with Crippen LogP contribution in [-0.2, 0) is 11.3 Å². The molecule has 3 rings (SSSR count). The Labute approximate surface area is 190 Å². The number of rotatable bonds is 8. The third-order valence-corrected chi connectivity index (χ3v) is 6.11. The maximum Gasteiger partial charge on any atom is 0.341 e. The Morgan fingerprint density at radius 2 is 2.10 bits per heavy atom. The zero-order chi connectivity index (χ0) is 21.5. The lowest BCUT2D eigenvalue weighted by Crippen LogP contribution is -2.30. The van der Waals surface area contributed by atoms with E-state index in [0.29, 0.717) is 33.9 Å². The molecule has 9 heteroatoms. The Kier molecular flexibility index (Phi) is 7.84.